The SMILES string of the molecule is CN=C(NCc1ccc(N2CCCCCC2)nc1)NCc1nnc2ccccn12. The van der Waals surface area contributed by atoms with Gasteiger partial charge in [0.2, 0.25) is 0 Å². The monoisotopic (exact) mass is 392 g/mol. The van der Waals surface area contributed by atoms with Gasteiger partial charge in [-0.25, -0.2) is 4.98 Å². The van der Waals surface area contributed by atoms with E-state index in [1.54, 1.807) is 7.05 Å². The molecule has 29 heavy (non-hydrogen) atoms. The fourth-order valence-electron chi connectivity index (χ4n) is 3.59. The van der Waals surface area contributed by atoms with Crippen molar-refractivity contribution in [2.24, 2.45) is 4.99 Å². The number of fused-ring (bicyclic) bond motifs is 1. The number of pyridine rings is 2. The first kappa shape index (κ1) is 19.2. The van der Waals surface area contributed by atoms with Crippen LogP contribution in [-0.2, 0) is 13.1 Å². The fraction of sp³-hybridized carbons (Fsp3) is 0.429. The van der Waals surface area contributed by atoms with Crippen LogP contribution < -0.4 is 15.5 Å². The zero-order valence-corrected chi connectivity index (χ0v) is 16.9. The molecule has 1 fully saturated rings. The van der Waals surface area contributed by atoms with E-state index in [2.05, 4.69) is 47.8 Å². The van der Waals surface area contributed by atoms with E-state index >= 15 is 0 Å². The van der Waals surface area contributed by atoms with E-state index in [-0.39, 0.29) is 0 Å². The zero-order valence-electron chi connectivity index (χ0n) is 16.9. The Morgan fingerprint density at radius 1 is 1.00 bits per heavy atom. The van der Waals surface area contributed by atoms with Crippen molar-refractivity contribution in [3.8, 4) is 0 Å². The lowest BCUT2D eigenvalue weighted by molar-refractivity contribution is 0.726. The quantitative estimate of drug-likeness (QED) is 0.512. The molecule has 3 aromatic heterocycles. The van der Waals surface area contributed by atoms with E-state index in [1.165, 1.54) is 25.7 Å². The van der Waals surface area contributed by atoms with Crippen molar-refractivity contribution in [2.45, 2.75) is 38.8 Å². The number of guanidine groups is 1. The molecule has 0 bridgehead atoms. The molecule has 0 atom stereocenters. The van der Waals surface area contributed by atoms with Gasteiger partial charge in [-0.05, 0) is 36.6 Å². The van der Waals surface area contributed by atoms with Crippen LogP contribution >= 0.6 is 0 Å². The average molecular weight is 393 g/mol. The zero-order chi connectivity index (χ0) is 19.9. The molecular weight excluding hydrogens is 364 g/mol. The van der Waals surface area contributed by atoms with Gasteiger partial charge in [-0.3, -0.25) is 9.39 Å². The van der Waals surface area contributed by atoms with Crippen molar-refractivity contribution in [1.82, 2.24) is 30.2 Å². The third kappa shape index (κ3) is 4.82. The van der Waals surface area contributed by atoms with Gasteiger partial charge in [-0.1, -0.05) is 25.0 Å². The molecule has 0 saturated carbocycles. The van der Waals surface area contributed by atoms with E-state index in [9.17, 15) is 0 Å². The molecule has 0 spiro atoms. The minimum Gasteiger partial charge on any atom is -0.357 e. The predicted molar refractivity (Wildman–Crippen MR) is 115 cm³/mol. The van der Waals surface area contributed by atoms with Crippen molar-refractivity contribution in [1.29, 1.82) is 0 Å². The molecule has 8 heteroatoms. The van der Waals surface area contributed by atoms with E-state index in [0.29, 0.717) is 19.0 Å². The van der Waals surface area contributed by atoms with E-state index in [1.807, 2.05) is 35.0 Å². The van der Waals surface area contributed by atoms with Gasteiger partial charge in [-0.15, -0.1) is 10.2 Å². The molecule has 2 N–H and O–H groups in total. The van der Waals surface area contributed by atoms with Crippen LogP contribution in [-0.4, -0.2) is 45.7 Å². The van der Waals surface area contributed by atoms with E-state index in [0.717, 1.165) is 35.9 Å². The van der Waals surface area contributed by atoms with Crippen molar-refractivity contribution in [3.63, 3.8) is 0 Å². The molecule has 4 rings (SSSR count). The summed E-state index contributed by atoms with van der Waals surface area (Å²) in [6, 6.07) is 10.1. The van der Waals surface area contributed by atoms with Crippen LogP contribution in [0, 0.1) is 0 Å². The van der Waals surface area contributed by atoms with Gasteiger partial charge in [0.15, 0.2) is 17.4 Å². The number of anilines is 1. The number of hydrogen-bond acceptors (Lipinski definition) is 5. The van der Waals surface area contributed by atoms with Gasteiger partial charge >= 0.3 is 0 Å². The standard InChI is InChI=1S/C21H28N8/c1-22-21(25-16-20-27-26-19-8-4-7-13-29(19)20)24-15-17-9-10-18(23-14-17)28-11-5-2-3-6-12-28/h4,7-10,13-14H,2-3,5-6,11-12,15-16H2,1H3,(H2,22,24,25). The Kier molecular flexibility index (Phi) is 6.19. The highest BCUT2D eigenvalue weighted by atomic mass is 15.3. The molecule has 0 amide bonds. The molecule has 0 radical (unpaired) electrons. The summed E-state index contributed by atoms with van der Waals surface area (Å²) in [5, 5.41) is 15.0. The van der Waals surface area contributed by atoms with Crippen LogP contribution in [0.15, 0.2) is 47.7 Å². The lowest BCUT2D eigenvalue weighted by atomic mass is 10.2. The van der Waals surface area contributed by atoms with Crippen molar-refractivity contribution < 1.29 is 0 Å². The highest BCUT2D eigenvalue weighted by Crippen LogP contribution is 2.17. The molecule has 1 aliphatic rings. The fourth-order valence-corrected chi connectivity index (χ4v) is 3.59. The van der Waals surface area contributed by atoms with Gasteiger partial charge in [0.1, 0.15) is 5.82 Å². The van der Waals surface area contributed by atoms with Crippen LogP contribution in [0.3, 0.4) is 0 Å². The lowest BCUT2D eigenvalue weighted by Gasteiger charge is -2.21. The predicted octanol–water partition coefficient (Wildman–Crippen LogP) is 2.37. The Labute approximate surface area is 171 Å². The summed E-state index contributed by atoms with van der Waals surface area (Å²) >= 11 is 0. The minimum absolute atomic E-state index is 0.539. The summed E-state index contributed by atoms with van der Waals surface area (Å²) in [5.41, 5.74) is 1.96. The summed E-state index contributed by atoms with van der Waals surface area (Å²) in [7, 11) is 1.76. The molecule has 1 aliphatic heterocycles. The lowest BCUT2D eigenvalue weighted by Crippen LogP contribution is -2.36. The van der Waals surface area contributed by atoms with Gasteiger partial charge in [0, 0.05) is 39.1 Å². The number of aliphatic imine (C=N–C) groups is 1. The second kappa shape index (κ2) is 9.36. The van der Waals surface area contributed by atoms with Crippen LogP contribution in [0.2, 0.25) is 0 Å². The number of aromatic nitrogens is 4. The molecule has 0 unspecified atom stereocenters. The summed E-state index contributed by atoms with van der Waals surface area (Å²) in [4.78, 5) is 11.4. The summed E-state index contributed by atoms with van der Waals surface area (Å²) < 4.78 is 1.96. The van der Waals surface area contributed by atoms with Crippen LogP contribution in [0.5, 0.6) is 0 Å². The third-order valence-corrected chi connectivity index (χ3v) is 5.22. The second-order valence-corrected chi connectivity index (χ2v) is 7.25. The van der Waals surface area contributed by atoms with Gasteiger partial charge in [-0.2, -0.15) is 0 Å². The number of rotatable bonds is 5. The number of hydrogen-bond donors (Lipinski definition) is 2. The van der Waals surface area contributed by atoms with Gasteiger partial charge in [0.25, 0.3) is 0 Å². The molecule has 0 aliphatic carbocycles. The smallest absolute Gasteiger partial charge is 0.191 e. The first-order valence-electron chi connectivity index (χ1n) is 10.3. The molecule has 8 nitrogen and oxygen atoms in total. The van der Waals surface area contributed by atoms with Gasteiger partial charge in [0.05, 0.1) is 6.54 Å². The minimum atomic E-state index is 0.539. The second-order valence-electron chi connectivity index (χ2n) is 7.25. The molecule has 3 aromatic rings. The molecule has 0 aromatic carbocycles. The van der Waals surface area contributed by atoms with Gasteiger partial charge < -0.3 is 15.5 Å². The highest BCUT2D eigenvalue weighted by molar-refractivity contribution is 5.79. The summed E-state index contributed by atoms with van der Waals surface area (Å²) in [6.07, 6.45) is 9.08. The summed E-state index contributed by atoms with van der Waals surface area (Å²) in [6.45, 7) is 3.42. The maximum Gasteiger partial charge on any atom is 0.191 e. The van der Waals surface area contributed by atoms with Crippen LogP contribution in [0.4, 0.5) is 5.82 Å². The molecular formula is C21H28N8. The maximum absolute atomic E-state index is 4.67. The van der Waals surface area contributed by atoms with Crippen molar-refractivity contribution >= 4 is 17.4 Å². The van der Waals surface area contributed by atoms with E-state index < -0.39 is 0 Å². The topological polar surface area (TPSA) is 82.7 Å². The number of nitrogens with zero attached hydrogens (tertiary/aromatic N) is 6. The normalized spacial score (nSPS) is 15.3. The molecule has 152 valence electrons. The molecule has 1 saturated heterocycles. The first-order chi connectivity index (χ1) is 14.3. The Bertz CT molecular complexity index is 939. The average Bonchev–Trinajstić information content (AvgIpc) is 2.98. The Morgan fingerprint density at radius 2 is 1.83 bits per heavy atom. The first-order valence-corrected chi connectivity index (χ1v) is 10.3. The largest absolute Gasteiger partial charge is 0.357 e. The highest BCUT2D eigenvalue weighted by Gasteiger charge is 2.11. The number of nitrogens with one attached hydrogen (secondary N) is 2. The van der Waals surface area contributed by atoms with Crippen LogP contribution in [0.1, 0.15) is 37.1 Å². The maximum atomic E-state index is 4.67. The Morgan fingerprint density at radius 3 is 2.59 bits per heavy atom. The summed E-state index contributed by atoms with van der Waals surface area (Å²) in [5.74, 6) is 2.64. The Balaban J connectivity index is 1.30. The van der Waals surface area contributed by atoms with Crippen molar-refractivity contribution in [3.05, 3.63) is 54.1 Å². The molecule has 4 heterocycles. The van der Waals surface area contributed by atoms with Crippen molar-refractivity contribution in [2.75, 3.05) is 25.0 Å². The third-order valence-electron chi connectivity index (χ3n) is 5.22. The van der Waals surface area contributed by atoms with E-state index in [4.69, 9.17) is 0 Å². The van der Waals surface area contributed by atoms with Crippen LogP contribution in [0.25, 0.3) is 5.65 Å². The Hall–Kier alpha value is -3.16.